The van der Waals surface area contributed by atoms with E-state index in [1.807, 2.05) is 13.8 Å². The van der Waals surface area contributed by atoms with E-state index in [1.165, 1.54) is 0 Å². The predicted molar refractivity (Wildman–Crippen MR) is 59.4 cm³/mol. The third-order valence-corrected chi connectivity index (χ3v) is 2.88. The maximum Gasteiger partial charge on any atom is 0.248 e. The molecule has 15 heavy (non-hydrogen) atoms. The Balaban J connectivity index is 3.04. The smallest absolute Gasteiger partial charge is 0.248 e. The fourth-order valence-electron chi connectivity index (χ4n) is 1.31. The van der Waals surface area contributed by atoms with Crippen LogP contribution in [0, 0.1) is 5.92 Å². The second-order valence-electron chi connectivity index (χ2n) is 4.24. The lowest BCUT2D eigenvalue weighted by atomic mass is 9.85. The molecule has 1 aromatic rings. The third-order valence-electron chi connectivity index (χ3n) is 2.88. The normalized spacial score (nSPS) is 15.0. The summed E-state index contributed by atoms with van der Waals surface area (Å²) >= 11 is 0. The second kappa shape index (κ2) is 4.03. The molecule has 3 heteroatoms. The van der Waals surface area contributed by atoms with Crippen molar-refractivity contribution < 1.29 is 9.90 Å². The molecule has 0 spiro atoms. The zero-order valence-electron chi connectivity index (χ0n) is 9.32. The molecule has 0 aliphatic rings. The first kappa shape index (κ1) is 11.7. The van der Waals surface area contributed by atoms with Crippen molar-refractivity contribution in [1.29, 1.82) is 0 Å². The second-order valence-corrected chi connectivity index (χ2v) is 4.24. The van der Waals surface area contributed by atoms with Crippen molar-refractivity contribution >= 4 is 5.91 Å². The van der Waals surface area contributed by atoms with E-state index in [4.69, 9.17) is 5.73 Å². The Morgan fingerprint density at radius 3 is 2.13 bits per heavy atom. The summed E-state index contributed by atoms with van der Waals surface area (Å²) in [5.41, 5.74) is 5.50. The fourth-order valence-corrected chi connectivity index (χ4v) is 1.31. The highest BCUT2D eigenvalue weighted by molar-refractivity contribution is 5.92. The minimum Gasteiger partial charge on any atom is -0.385 e. The molecule has 0 saturated heterocycles. The fraction of sp³-hybridized carbons (Fsp3) is 0.417. The van der Waals surface area contributed by atoms with Crippen molar-refractivity contribution in [3.8, 4) is 0 Å². The monoisotopic (exact) mass is 207 g/mol. The van der Waals surface area contributed by atoms with Crippen LogP contribution in [-0.2, 0) is 5.60 Å². The lowest BCUT2D eigenvalue weighted by molar-refractivity contribution is 0.00903. The van der Waals surface area contributed by atoms with Gasteiger partial charge < -0.3 is 10.8 Å². The molecule has 0 heterocycles. The highest BCUT2D eigenvalue weighted by Gasteiger charge is 2.26. The number of amides is 1. The lowest BCUT2D eigenvalue weighted by Crippen LogP contribution is -2.28. The van der Waals surface area contributed by atoms with Crippen LogP contribution in [0.25, 0.3) is 0 Å². The summed E-state index contributed by atoms with van der Waals surface area (Å²) in [6.07, 6.45) is 0. The van der Waals surface area contributed by atoms with Crippen LogP contribution in [0.2, 0.25) is 0 Å². The SMILES string of the molecule is CC(C)C(C)(O)c1ccc(C(N)=O)cc1. The Morgan fingerprint density at radius 1 is 1.33 bits per heavy atom. The van der Waals surface area contributed by atoms with Gasteiger partial charge in [0.1, 0.15) is 0 Å². The van der Waals surface area contributed by atoms with Crippen molar-refractivity contribution in [2.75, 3.05) is 0 Å². The first-order valence-corrected chi connectivity index (χ1v) is 4.98. The number of benzene rings is 1. The van der Waals surface area contributed by atoms with E-state index < -0.39 is 11.5 Å². The Hall–Kier alpha value is -1.35. The summed E-state index contributed by atoms with van der Waals surface area (Å²) in [4.78, 5) is 10.9. The molecule has 0 radical (unpaired) electrons. The molecule has 0 bridgehead atoms. The van der Waals surface area contributed by atoms with Gasteiger partial charge in [-0.3, -0.25) is 4.79 Å². The van der Waals surface area contributed by atoms with Crippen LogP contribution < -0.4 is 5.73 Å². The molecule has 1 amide bonds. The van der Waals surface area contributed by atoms with Crippen LogP contribution in [0.4, 0.5) is 0 Å². The van der Waals surface area contributed by atoms with E-state index in [0.717, 1.165) is 5.56 Å². The average Bonchev–Trinajstić information content (AvgIpc) is 2.17. The summed E-state index contributed by atoms with van der Waals surface area (Å²) in [6.45, 7) is 5.65. The Kier molecular flexibility index (Phi) is 3.15. The largest absolute Gasteiger partial charge is 0.385 e. The highest BCUT2D eigenvalue weighted by atomic mass is 16.3. The van der Waals surface area contributed by atoms with Gasteiger partial charge in [-0.05, 0) is 30.5 Å². The molecule has 0 fully saturated rings. The van der Waals surface area contributed by atoms with E-state index >= 15 is 0 Å². The topological polar surface area (TPSA) is 63.3 Å². The molecule has 1 rings (SSSR count). The first-order valence-electron chi connectivity index (χ1n) is 4.98. The van der Waals surface area contributed by atoms with Crippen molar-refractivity contribution in [2.24, 2.45) is 11.7 Å². The molecule has 0 aliphatic carbocycles. The summed E-state index contributed by atoms with van der Waals surface area (Å²) < 4.78 is 0. The maximum absolute atomic E-state index is 10.9. The van der Waals surface area contributed by atoms with Gasteiger partial charge in [0.15, 0.2) is 0 Å². The quantitative estimate of drug-likeness (QED) is 0.791. The van der Waals surface area contributed by atoms with E-state index in [0.29, 0.717) is 5.56 Å². The molecule has 3 nitrogen and oxygen atoms in total. The number of rotatable bonds is 3. The van der Waals surface area contributed by atoms with Crippen LogP contribution in [0.1, 0.15) is 36.7 Å². The molecule has 0 aliphatic heterocycles. The molecule has 0 saturated carbocycles. The number of aliphatic hydroxyl groups is 1. The van der Waals surface area contributed by atoms with Gasteiger partial charge in [0.25, 0.3) is 0 Å². The van der Waals surface area contributed by atoms with Crippen LogP contribution in [0.15, 0.2) is 24.3 Å². The molecular formula is C12H17NO2. The van der Waals surface area contributed by atoms with Crippen molar-refractivity contribution in [3.05, 3.63) is 35.4 Å². The summed E-state index contributed by atoms with van der Waals surface area (Å²) in [5.74, 6) is -0.345. The molecule has 3 N–H and O–H groups in total. The van der Waals surface area contributed by atoms with Gasteiger partial charge in [0, 0.05) is 5.56 Å². The average molecular weight is 207 g/mol. The van der Waals surface area contributed by atoms with Gasteiger partial charge in [-0.1, -0.05) is 26.0 Å². The molecule has 0 aromatic heterocycles. The van der Waals surface area contributed by atoms with Crippen molar-refractivity contribution in [2.45, 2.75) is 26.4 Å². The summed E-state index contributed by atoms with van der Waals surface area (Å²) in [7, 11) is 0. The van der Waals surface area contributed by atoms with Crippen LogP contribution in [-0.4, -0.2) is 11.0 Å². The maximum atomic E-state index is 10.9. The number of primary amides is 1. The first-order chi connectivity index (χ1) is 6.85. The minimum atomic E-state index is -0.879. The van der Waals surface area contributed by atoms with E-state index in [2.05, 4.69) is 0 Å². The molecule has 1 atom stereocenters. The van der Waals surface area contributed by atoms with Gasteiger partial charge in [0.05, 0.1) is 5.60 Å². The molecule has 1 unspecified atom stereocenters. The van der Waals surface area contributed by atoms with Gasteiger partial charge >= 0.3 is 0 Å². The zero-order chi connectivity index (χ0) is 11.6. The predicted octanol–water partition coefficient (Wildman–Crippen LogP) is 1.65. The van der Waals surface area contributed by atoms with Gasteiger partial charge in [-0.2, -0.15) is 0 Å². The van der Waals surface area contributed by atoms with Crippen LogP contribution in [0.3, 0.4) is 0 Å². The van der Waals surface area contributed by atoms with Crippen LogP contribution in [0.5, 0.6) is 0 Å². The van der Waals surface area contributed by atoms with E-state index in [1.54, 1.807) is 31.2 Å². The molecule has 82 valence electrons. The third kappa shape index (κ3) is 2.36. The van der Waals surface area contributed by atoms with Crippen molar-refractivity contribution in [1.82, 2.24) is 0 Å². The Labute approximate surface area is 89.9 Å². The van der Waals surface area contributed by atoms with Gasteiger partial charge in [-0.15, -0.1) is 0 Å². The number of hydrogen-bond acceptors (Lipinski definition) is 2. The van der Waals surface area contributed by atoms with Gasteiger partial charge in [0.2, 0.25) is 5.91 Å². The van der Waals surface area contributed by atoms with Crippen molar-refractivity contribution in [3.63, 3.8) is 0 Å². The number of nitrogens with two attached hydrogens (primary N) is 1. The molecular weight excluding hydrogens is 190 g/mol. The highest BCUT2D eigenvalue weighted by Crippen LogP contribution is 2.28. The standard InChI is InChI=1S/C12H17NO2/c1-8(2)12(3,15)10-6-4-9(5-7-10)11(13)14/h4-8,15H,1-3H3,(H2,13,14). The zero-order valence-corrected chi connectivity index (χ0v) is 9.32. The Bertz CT molecular complexity index is 352. The number of carbonyl (C=O) groups excluding carboxylic acids is 1. The number of carbonyl (C=O) groups is 1. The Morgan fingerprint density at radius 2 is 1.80 bits per heavy atom. The number of hydrogen-bond donors (Lipinski definition) is 2. The van der Waals surface area contributed by atoms with E-state index in [9.17, 15) is 9.90 Å². The van der Waals surface area contributed by atoms with Gasteiger partial charge in [-0.25, -0.2) is 0 Å². The van der Waals surface area contributed by atoms with E-state index in [-0.39, 0.29) is 5.92 Å². The summed E-state index contributed by atoms with van der Waals surface area (Å²) in [6, 6.07) is 6.74. The lowest BCUT2D eigenvalue weighted by Gasteiger charge is -2.28. The van der Waals surface area contributed by atoms with Crippen LogP contribution >= 0.6 is 0 Å². The minimum absolute atomic E-state index is 0.108. The summed E-state index contributed by atoms with van der Waals surface area (Å²) in [5, 5.41) is 10.2. The molecule has 1 aromatic carbocycles.